The van der Waals surface area contributed by atoms with Crippen molar-refractivity contribution in [2.24, 2.45) is 0 Å². The fourth-order valence-electron chi connectivity index (χ4n) is 1.77. The van der Waals surface area contributed by atoms with Crippen molar-refractivity contribution in [2.75, 3.05) is 18.5 Å². The van der Waals surface area contributed by atoms with Crippen LogP contribution in [0.3, 0.4) is 0 Å². The Morgan fingerprint density at radius 3 is 2.57 bits per heavy atom. The number of rotatable bonds is 8. The average molecular weight is 314 g/mol. The van der Waals surface area contributed by atoms with Crippen LogP contribution in [0.25, 0.3) is 0 Å². The Morgan fingerprint density at radius 2 is 2.05 bits per heavy atom. The third kappa shape index (κ3) is 4.90. The van der Waals surface area contributed by atoms with Crippen LogP contribution in [-0.2, 0) is 9.53 Å². The summed E-state index contributed by atoms with van der Waals surface area (Å²) in [6, 6.07) is 5.20. The van der Waals surface area contributed by atoms with Gasteiger partial charge in [0.2, 0.25) is 0 Å². The van der Waals surface area contributed by atoms with Gasteiger partial charge in [-0.15, -0.1) is 0 Å². The molecule has 0 spiro atoms. The Hall–Kier alpha value is -1.26. The van der Waals surface area contributed by atoms with Crippen molar-refractivity contribution in [3.63, 3.8) is 0 Å². The van der Waals surface area contributed by atoms with Gasteiger partial charge < -0.3 is 14.8 Å². The zero-order valence-electron chi connectivity index (χ0n) is 13.2. The maximum Gasteiger partial charge on any atom is 0.256 e. The van der Waals surface area contributed by atoms with Crippen LogP contribution in [0.1, 0.15) is 40.5 Å². The van der Waals surface area contributed by atoms with Crippen LogP contribution in [0.4, 0.5) is 5.69 Å². The van der Waals surface area contributed by atoms with E-state index >= 15 is 0 Å². The number of hydrogen-bond acceptors (Lipinski definition) is 3. The van der Waals surface area contributed by atoms with Crippen molar-refractivity contribution in [3.05, 3.63) is 23.2 Å². The summed E-state index contributed by atoms with van der Waals surface area (Å²) >= 11 is 6.12. The summed E-state index contributed by atoms with van der Waals surface area (Å²) in [4.78, 5) is 12.4. The topological polar surface area (TPSA) is 47.6 Å². The highest BCUT2D eigenvalue weighted by Crippen LogP contribution is 2.28. The van der Waals surface area contributed by atoms with Crippen LogP contribution in [0.5, 0.6) is 5.75 Å². The maximum atomic E-state index is 12.4. The minimum Gasteiger partial charge on any atom is -0.492 e. The molecule has 1 amide bonds. The van der Waals surface area contributed by atoms with Gasteiger partial charge in [-0.25, -0.2) is 0 Å². The molecule has 0 saturated heterocycles. The number of nitrogens with one attached hydrogen (secondary N) is 1. The van der Waals surface area contributed by atoms with Gasteiger partial charge in [0.05, 0.1) is 11.6 Å². The summed E-state index contributed by atoms with van der Waals surface area (Å²) in [6.45, 7) is 8.74. The lowest BCUT2D eigenvalue weighted by Crippen LogP contribution is -2.42. The summed E-state index contributed by atoms with van der Waals surface area (Å²) in [7, 11) is 0. The highest BCUT2D eigenvalue weighted by Gasteiger charge is 2.32. The van der Waals surface area contributed by atoms with Gasteiger partial charge in [0.1, 0.15) is 11.4 Å². The molecule has 0 heterocycles. The van der Waals surface area contributed by atoms with Crippen molar-refractivity contribution >= 4 is 23.2 Å². The van der Waals surface area contributed by atoms with Crippen LogP contribution in [0.15, 0.2) is 18.2 Å². The van der Waals surface area contributed by atoms with E-state index in [1.165, 1.54) is 0 Å². The molecule has 21 heavy (non-hydrogen) atoms. The van der Waals surface area contributed by atoms with Crippen LogP contribution in [-0.4, -0.2) is 24.7 Å². The van der Waals surface area contributed by atoms with Gasteiger partial charge in [-0.1, -0.05) is 25.4 Å². The first-order valence-electron chi connectivity index (χ1n) is 7.34. The van der Waals surface area contributed by atoms with E-state index in [0.29, 0.717) is 36.1 Å². The Balaban J connectivity index is 2.79. The largest absolute Gasteiger partial charge is 0.492 e. The monoisotopic (exact) mass is 313 g/mol. The Labute approximate surface area is 131 Å². The first-order chi connectivity index (χ1) is 9.96. The molecule has 0 bridgehead atoms. The zero-order chi connectivity index (χ0) is 15.9. The van der Waals surface area contributed by atoms with E-state index < -0.39 is 5.60 Å². The SMILES string of the molecule is CCCO[C@](C)(CC)C(=O)Nc1ccc(OCC)c(Cl)c1. The third-order valence-electron chi connectivity index (χ3n) is 3.27. The van der Waals surface area contributed by atoms with E-state index in [9.17, 15) is 4.79 Å². The molecule has 1 atom stereocenters. The van der Waals surface area contributed by atoms with Gasteiger partial charge in [0.25, 0.3) is 5.91 Å². The first-order valence-corrected chi connectivity index (χ1v) is 7.72. The van der Waals surface area contributed by atoms with Crippen LogP contribution < -0.4 is 10.1 Å². The highest BCUT2D eigenvalue weighted by atomic mass is 35.5. The summed E-state index contributed by atoms with van der Waals surface area (Å²) < 4.78 is 11.1. The second kappa shape index (κ2) is 8.25. The molecule has 0 fully saturated rings. The molecule has 118 valence electrons. The molecule has 0 aromatic heterocycles. The smallest absolute Gasteiger partial charge is 0.256 e. The van der Waals surface area contributed by atoms with Gasteiger partial charge in [-0.2, -0.15) is 0 Å². The molecular formula is C16H24ClNO3. The molecule has 0 aliphatic rings. The molecule has 0 radical (unpaired) electrons. The summed E-state index contributed by atoms with van der Waals surface area (Å²) in [5.41, 5.74) is -0.200. The number of anilines is 1. The Kier molecular flexibility index (Phi) is 6.99. The minimum atomic E-state index is -0.832. The third-order valence-corrected chi connectivity index (χ3v) is 3.56. The summed E-state index contributed by atoms with van der Waals surface area (Å²) in [5, 5.41) is 3.32. The lowest BCUT2D eigenvalue weighted by atomic mass is 10.0. The van der Waals surface area contributed by atoms with E-state index in [2.05, 4.69) is 5.32 Å². The molecule has 0 aliphatic heterocycles. The van der Waals surface area contributed by atoms with E-state index in [1.54, 1.807) is 25.1 Å². The molecule has 1 aromatic carbocycles. The van der Waals surface area contributed by atoms with Crippen LogP contribution in [0, 0.1) is 0 Å². The van der Waals surface area contributed by atoms with E-state index in [4.69, 9.17) is 21.1 Å². The van der Waals surface area contributed by atoms with E-state index in [0.717, 1.165) is 6.42 Å². The van der Waals surface area contributed by atoms with Crippen LogP contribution >= 0.6 is 11.6 Å². The highest BCUT2D eigenvalue weighted by molar-refractivity contribution is 6.32. The van der Waals surface area contributed by atoms with Crippen molar-refractivity contribution < 1.29 is 14.3 Å². The van der Waals surface area contributed by atoms with Gasteiger partial charge >= 0.3 is 0 Å². The lowest BCUT2D eigenvalue weighted by Gasteiger charge is -2.27. The molecule has 0 saturated carbocycles. The van der Waals surface area contributed by atoms with Crippen molar-refractivity contribution in [2.45, 2.75) is 46.1 Å². The van der Waals surface area contributed by atoms with Gasteiger partial charge in [-0.3, -0.25) is 4.79 Å². The predicted molar refractivity (Wildman–Crippen MR) is 86.2 cm³/mol. The molecule has 0 unspecified atom stereocenters. The average Bonchev–Trinajstić information content (AvgIpc) is 2.47. The molecule has 0 aliphatic carbocycles. The van der Waals surface area contributed by atoms with Crippen molar-refractivity contribution in [3.8, 4) is 5.75 Å². The van der Waals surface area contributed by atoms with Gasteiger partial charge in [0, 0.05) is 12.3 Å². The normalized spacial score (nSPS) is 13.6. The number of ether oxygens (including phenoxy) is 2. The number of amides is 1. The first kappa shape index (κ1) is 17.8. The summed E-state index contributed by atoms with van der Waals surface area (Å²) in [5.74, 6) is 0.441. The fourth-order valence-corrected chi connectivity index (χ4v) is 2.01. The van der Waals surface area contributed by atoms with Gasteiger partial charge in [-0.05, 0) is 44.9 Å². The van der Waals surface area contributed by atoms with Crippen molar-refractivity contribution in [1.29, 1.82) is 0 Å². The standard InChI is InChI=1S/C16H24ClNO3/c1-5-10-21-16(4,6-2)15(19)18-12-8-9-14(20-7-3)13(17)11-12/h8-9,11H,5-7,10H2,1-4H3,(H,18,19)/t16-/m1/s1. The fraction of sp³-hybridized carbons (Fsp3) is 0.562. The molecule has 1 aromatic rings. The summed E-state index contributed by atoms with van der Waals surface area (Å²) in [6.07, 6.45) is 1.47. The quantitative estimate of drug-likeness (QED) is 0.779. The number of halogens is 1. The lowest BCUT2D eigenvalue weighted by molar-refractivity contribution is -0.139. The Bertz CT molecular complexity index is 479. The molecular weight excluding hydrogens is 290 g/mol. The number of carbonyl (C=O) groups excluding carboxylic acids is 1. The number of hydrogen-bond donors (Lipinski definition) is 1. The number of benzene rings is 1. The second-order valence-corrected chi connectivity index (χ2v) is 5.37. The predicted octanol–water partition coefficient (Wildman–Crippen LogP) is 4.27. The Morgan fingerprint density at radius 1 is 1.33 bits per heavy atom. The molecule has 1 N–H and O–H groups in total. The second-order valence-electron chi connectivity index (χ2n) is 4.97. The van der Waals surface area contributed by atoms with E-state index in [1.807, 2.05) is 20.8 Å². The number of carbonyl (C=O) groups is 1. The molecule has 4 nitrogen and oxygen atoms in total. The molecule has 1 rings (SSSR count). The van der Waals surface area contributed by atoms with E-state index in [-0.39, 0.29) is 5.91 Å². The van der Waals surface area contributed by atoms with Crippen LogP contribution in [0.2, 0.25) is 5.02 Å². The zero-order valence-corrected chi connectivity index (χ0v) is 13.9. The maximum absolute atomic E-state index is 12.4. The molecule has 5 heteroatoms. The van der Waals surface area contributed by atoms with Gasteiger partial charge in [0.15, 0.2) is 0 Å². The minimum absolute atomic E-state index is 0.168. The van der Waals surface area contributed by atoms with Crippen molar-refractivity contribution in [1.82, 2.24) is 0 Å².